The zero-order valence-electron chi connectivity index (χ0n) is 10.9. The summed E-state index contributed by atoms with van der Waals surface area (Å²) in [5.74, 6) is -0.354. The lowest BCUT2D eigenvalue weighted by molar-refractivity contribution is -0.118. The molecule has 0 saturated carbocycles. The molecule has 20 heavy (non-hydrogen) atoms. The van der Waals surface area contributed by atoms with Gasteiger partial charge in [0, 0.05) is 23.6 Å². The van der Waals surface area contributed by atoms with E-state index in [1.165, 1.54) is 18.2 Å². The molecule has 2 N–H and O–H groups in total. The maximum Gasteiger partial charge on any atom is 0.137 e. The molecule has 2 nitrogen and oxygen atoms in total. The molecule has 104 valence electrons. The van der Waals surface area contributed by atoms with Crippen molar-refractivity contribution in [2.24, 2.45) is 0 Å². The molecule has 0 aliphatic rings. The van der Waals surface area contributed by atoms with Crippen molar-refractivity contribution in [3.05, 3.63) is 64.4 Å². The van der Waals surface area contributed by atoms with Crippen molar-refractivity contribution < 1.29 is 9.18 Å². The number of benzene rings is 2. The van der Waals surface area contributed by atoms with Gasteiger partial charge in [0.1, 0.15) is 11.6 Å². The Hall–Kier alpha value is -1.87. The van der Waals surface area contributed by atoms with Crippen molar-refractivity contribution in [2.75, 3.05) is 5.73 Å². The number of aryl methyl sites for hydroxylation is 1. The summed E-state index contributed by atoms with van der Waals surface area (Å²) in [6.07, 6.45) is 1.16. The van der Waals surface area contributed by atoms with E-state index in [1.54, 1.807) is 6.07 Å². The smallest absolute Gasteiger partial charge is 0.137 e. The average Bonchev–Trinajstić information content (AvgIpc) is 2.41. The molecule has 0 atom stereocenters. The largest absolute Gasteiger partial charge is 0.399 e. The van der Waals surface area contributed by atoms with E-state index >= 15 is 0 Å². The number of ketones is 1. The van der Waals surface area contributed by atoms with E-state index in [0.717, 1.165) is 5.56 Å². The molecule has 0 aliphatic carbocycles. The predicted molar refractivity (Wildman–Crippen MR) is 79.3 cm³/mol. The van der Waals surface area contributed by atoms with Crippen LogP contribution in [0, 0.1) is 5.82 Å². The van der Waals surface area contributed by atoms with Crippen LogP contribution in [0.3, 0.4) is 0 Å². The second kappa shape index (κ2) is 6.53. The maximum absolute atomic E-state index is 13.1. The molecule has 0 heterocycles. The molecule has 0 spiro atoms. The van der Waals surface area contributed by atoms with Crippen LogP contribution in [0.4, 0.5) is 10.1 Å². The van der Waals surface area contributed by atoms with Gasteiger partial charge in [-0.2, -0.15) is 0 Å². The van der Waals surface area contributed by atoms with Gasteiger partial charge >= 0.3 is 0 Å². The first-order valence-corrected chi connectivity index (χ1v) is 6.72. The molecule has 0 radical (unpaired) electrons. The van der Waals surface area contributed by atoms with E-state index in [4.69, 9.17) is 17.3 Å². The number of hydrogen-bond donors (Lipinski definition) is 1. The van der Waals surface area contributed by atoms with Crippen molar-refractivity contribution >= 4 is 23.1 Å². The van der Waals surface area contributed by atoms with Crippen molar-refractivity contribution in [1.29, 1.82) is 0 Å². The Kier molecular flexibility index (Phi) is 4.74. The minimum absolute atomic E-state index is 0.0277. The van der Waals surface area contributed by atoms with Crippen LogP contribution in [-0.4, -0.2) is 5.78 Å². The molecule has 2 aromatic carbocycles. The Morgan fingerprint density at radius 2 is 2.00 bits per heavy atom. The zero-order chi connectivity index (χ0) is 14.5. The van der Waals surface area contributed by atoms with Crippen LogP contribution in [0.5, 0.6) is 0 Å². The van der Waals surface area contributed by atoms with Gasteiger partial charge in [-0.05, 0) is 47.9 Å². The second-order valence-corrected chi connectivity index (χ2v) is 5.10. The van der Waals surface area contributed by atoms with E-state index in [0.29, 0.717) is 29.1 Å². The highest BCUT2D eigenvalue weighted by Gasteiger charge is 2.09. The number of carbonyl (C=O) groups is 1. The molecule has 0 fully saturated rings. The van der Waals surface area contributed by atoms with Gasteiger partial charge in [0.2, 0.25) is 0 Å². The van der Waals surface area contributed by atoms with Crippen LogP contribution in [-0.2, 0) is 17.6 Å². The Bertz CT molecular complexity index is 628. The van der Waals surface area contributed by atoms with E-state index in [9.17, 15) is 9.18 Å². The summed E-state index contributed by atoms with van der Waals surface area (Å²) in [4.78, 5) is 11.9. The molecule has 2 aromatic rings. The number of halogens is 2. The lowest BCUT2D eigenvalue weighted by Gasteiger charge is -2.05. The molecule has 0 bridgehead atoms. The van der Waals surface area contributed by atoms with Crippen molar-refractivity contribution in [1.82, 2.24) is 0 Å². The summed E-state index contributed by atoms with van der Waals surface area (Å²) >= 11 is 5.94. The summed E-state index contributed by atoms with van der Waals surface area (Å²) in [6.45, 7) is 0. The normalized spacial score (nSPS) is 10.5. The lowest BCUT2D eigenvalue weighted by Crippen LogP contribution is -2.05. The van der Waals surface area contributed by atoms with Gasteiger partial charge < -0.3 is 5.73 Å². The SMILES string of the molecule is Nc1cccc(CCC(=O)Cc2cc(F)ccc2Cl)c1. The van der Waals surface area contributed by atoms with Crippen LogP contribution in [0.25, 0.3) is 0 Å². The Morgan fingerprint density at radius 1 is 1.20 bits per heavy atom. The van der Waals surface area contributed by atoms with Gasteiger partial charge in [0.05, 0.1) is 0 Å². The summed E-state index contributed by atoms with van der Waals surface area (Å²) in [6, 6.07) is 11.5. The first-order valence-electron chi connectivity index (χ1n) is 6.34. The Balaban J connectivity index is 1.94. The molecule has 0 aromatic heterocycles. The van der Waals surface area contributed by atoms with Gasteiger partial charge in [0.15, 0.2) is 0 Å². The monoisotopic (exact) mass is 291 g/mol. The van der Waals surface area contributed by atoms with Gasteiger partial charge in [-0.15, -0.1) is 0 Å². The number of hydrogen-bond acceptors (Lipinski definition) is 2. The number of rotatable bonds is 5. The van der Waals surface area contributed by atoms with Gasteiger partial charge in [-0.3, -0.25) is 4.79 Å². The number of nitrogens with two attached hydrogens (primary N) is 1. The molecular formula is C16H15ClFNO. The van der Waals surface area contributed by atoms with E-state index < -0.39 is 0 Å². The third kappa shape index (κ3) is 4.07. The number of nitrogen functional groups attached to an aromatic ring is 1. The van der Waals surface area contributed by atoms with E-state index in [1.807, 2.05) is 18.2 Å². The topological polar surface area (TPSA) is 43.1 Å². The number of anilines is 1. The van der Waals surface area contributed by atoms with Crippen LogP contribution < -0.4 is 5.73 Å². The fourth-order valence-electron chi connectivity index (χ4n) is 2.01. The van der Waals surface area contributed by atoms with Gasteiger partial charge in [-0.25, -0.2) is 4.39 Å². The number of Topliss-reactive ketones (excluding diaryl/α,β-unsaturated/α-hetero) is 1. The molecule has 0 unspecified atom stereocenters. The second-order valence-electron chi connectivity index (χ2n) is 4.70. The lowest BCUT2D eigenvalue weighted by atomic mass is 10.0. The first-order chi connectivity index (χ1) is 9.54. The third-order valence-corrected chi connectivity index (χ3v) is 3.41. The van der Waals surface area contributed by atoms with Crippen LogP contribution in [0.1, 0.15) is 17.5 Å². The molecule has 0 aliphatic heterocycles. The Labute approximate surface area is 122 Å². The molecule has 2 rings (SSSR count). The maximum atomic E-state index is 13.1. The fourth-order valence-corrected chi connectivity index (χ4v) is 2.20. The molecule has 0 saturated heterocycles. The van der Waals surface area contributed by atoms with Crippen LogP contribution in [0.2, 0.25) is 5.02 Å². The predicted octanol–water partition coefficient (Wildman–Crippen LogP) is 3.81. The summed E-state index contributed by atoms with van der Waals surface area (Å²) in [7, 11) is 0. The molecule has 0 amide bonds. The summed E-state index contributed by atoms with van der Waals surface area (Å²) < 4.78 is 13.1. The fraction of sp³-hybridized carbons (Fsp3) is 0.188. The summed E-state index contributed by atoms with van der Waals surface area (Å²) in [5, 5.41) is 0.420. The Morgan fingerprint density at radius 3 is 2.75 bits per heavy atom. The molecule has 4 heteroatoms. The highest BCUT2D eigenvalue weighted by molar-refractivity contribution is 6.31. The zero-order valence-corrected chi connectivity index (χ0v) is 11.7. The van der Waals surface area contributed by atoms with Crippen LogP contribution >= 0.6 is 11.6 Å². The van der Waals surface area contributed by atoms with E-state index in [-0.39, 0.29) is 18.0 Å². The average molecular weight is 292 g/mol. The highest BCUT2D eigenvalue weighted by atomic mass is 35.5. The van der Waals surface area contributed by atoms with Crippen molar-refractivity contribution in [2.45, 2.75) is 19.3 Å². The minimum atomic E-state index is -0.381. The van der Waals surface area contributed by atoms with Gasteiger partial charge in [-0.1, -0.05) is 23.7 Å². The first kappa shape index (κ1) is 14.5. The quantitative estimate of drug-likeness (QED) is 0.851. The minimum Gasteiger partial charge on any atom is -0.399 e. The number of carbonyl (C=O) groups excluding carboxylic acids is 1. The van der Waals surface area contributed by atoms with Gasteiger partial charge in [0.25, 0.3) is 0 Å². The van der Waals surface area contributed by atoms with E-state index in [2.05, 4.69) is 0 Å². The van der Waals surface area contributed by atoms with Crippen LogP contribution in [0.15, 0.2) is 42.5 Å². The molecular weight excluding hydrogens is 277 g/mol. The third-order valence-electron chi connectivity index (χ3n) is 3.04. The van der Waals surface area contributed by atoms with Crippen molar-refractivity contribution in [3.63, 3.8) is 0 Å². The van der Waals surface area contributed by atoms with Crippen molar-refractivity contribution in [3.8, 4) is 0 Å². The summed E-state index contributed by atoms with van der Waals surface area (Å²) in [5.41, 5.74) is 7.91. The highest BCUT2D eigenvalue weighted by Crippen LogP contribution is 2.18. The standard InChI is InChI=1S/C16H15ClFNO/c17-16-7-5-13(18)9-12(16)10-15(20)6-4-11-2-1-3-14(19)8-11/h1-3,5,7-9H,4,6,10,19H2.